The Bertz CT molecular complexity index is 428. The largest absolute Gasteiger partial charge is 0.491 e. The lowest BCUT2D eigenvalue weighted by atomic mass is 9.80. The number of ether oxygens (including phenoxy) is 1. The van der Waals surface area contributed by atoms with Crippen molar-refractivity contribution in [3.63, 3.8) is 0 Å². The molecule has 0 atom stereocenters. The van der Waals surface area contributed by atoms with Crippen molar-refractivity contribution in [2.45, 2.75) is 52.1 Å². The molecule has 19 heavy (non-hydrogen) atoms. The monoisotopic (exact) mass is 262 g/mol. The minimum atomic E-state index is -0.646. The third-order valence-electron chi connectivity index (χ3n) is 3.85. The zero-order chi connectivity index (χ0) is 13.9. The van der Waals surface area contributed by atoms with Crippen LogP contribution in [0.2, 0.25) is 0 Å². The number of carboxylic acid groups (broad SMARTS) is 1. The van der Waals surface area contributed by atoms with Crippen molar-refractivity contribution in [2.75, 3.05) is 0 Å². The Hall–Kier alpha value is -1.51. The lowest BCUT2D eigenvalue weighted by molar-refractivity contribution is -0.148. The van der Waals surface area contributed by atoms with Gasteiger partial charge in [0.25, 0.3) is 0 Å². The molecular formula is C16H22O3. The molecule has 1 aliphatic carbocycles. The first kappa shape index (κ1) is 13.9. The summed E-state index contributed by atoms with van der Waals surface area (Å²) in [6.07, 6.45) is 4.44. The van der Waals surface area contributed by atoms with Crippen molar-refractivity contribution in [1.82, 2.24) is 0 Å². The van der Waals surface area contributed by atoms with E-state index in [0.717, 1.165) is 37.0 Å². The Morgan fingerprint density at radius 1 is 1.26 bits per heavy atom. The van der Waals surface area contributed by atoms with Gasteiger partial charge in [-0.25, -0.2) is 0 Å². The molecule has 1 aliphatic rings. The number of rotatable bonds is 5. The molecule has 2 rings (SSSR count). The molecule has 0 saturated heterocycles. The van der Waals surface area contributed by atoms with Gasteiger partial charge in [0.05, 0.1) is 11.5 Å². The van der Waals surface area contributed by atoms with Gasteiger partial charge in [-0.15, -0.1) is 0 Å². The molecule has 1 N–H and O–H groups in total. The number of aliphatic carboxylic acids is 1. The first-order valence-corrected chi connectivity index (χ1v) is 7.01. The molecule has 3 nitrogen and oxygen atoms in total. The van der Waals surface area contributed by atoms with Crippen molar-refractivity contribution in [1.29, 1.82) is 0 Å². The fraction of sp³-hybridized carbons (Fsp3) is 0.562. The average molecular weight is 262 g/mol. The summed E-state index contributed by atoms with van der Waals surface area (Å²) in [7, 11) is 0. The van der Waals surface area contributed by atoms with Crippen LogP contribution in [-0.4, -0.2) is 17.2 Å². The molecule has 0 radical (unpaired) electrons. The van der Waals surface area contributed by atoms with E-state index in [2.05, 4.69) is 0 Å². The van der Waals surface area contributed by atoms with Crippen molar-refractivity contribution in [3.05, 3.63) is 29.8 Å². The third kappa shape index (κ3) is 3.28. The van der Waals surface area contributed by atoms with E-state index in [4.69, 9.17) is 4.74 Å². The summed E-state index contributed by atoms with van der Waals surface area (Å²) in [4.78, 5) is 11.5. The molecular weight excluding hydrogens is 240 g/mol. The molecule has 0 heterocycles. The maximum absolute atomic E-state index is 11.5. The van der Waals surface area contributed by atoms with Crippen LogP contribution in [0.4, 0.5) is 0 Å². The maximum Gasteiger partial charge on any atom is 0.309 e. The predicted molar refractivity (Wildman–Crippen MR) is 74.4 cm³/mol. The second-order valence-electron chi connectivity index (χ2n) is 5.78. The van der Waals surface area contributed by atoms with Crippen LogP contribution in [0.1, 0.15) is 45.1 Å². The lowest BCUT2D eigenvalue weighted by Crippen LogP contribution is -2.30. The predicted octanol–water partition coefficient (Wildman–Crippen LogP) is 3.66. The highest BCUT2D eigenvalue weighted by Crippen LogP contribution is 2.41. The zero-order valence-electron chi connectivity index (χ0n) is 11.7. The molecule has 0 bridgehead atoms. The summed E-state index contributed by atoms with van der Waals surface area (Å²) in [5.41, 5.74) is 0.542. The Balaban J connectivity index is 2.08. The highest BCUT2D eigenvalue weighted by atomic mass is 16.5. The highest BCUT2D eigenvalue weighted by molar-refractivity contribution is 5.75. The number of carbonyl (C=O) groups is 1. The van der Waals surface area contributed by atoms with Gasteiger partial charge >= 0.3 is 5.97 Å². The van der Waals surface area contributed by atoms with E-state index < -0.39 is 11.4 Å². The summed E-state index contributed by atoms with van der Waals surface area (Å²) in [6, 6.07) is 7.83. The van der Waals surface area contributed by atoms with Crippen molar-refractivity contribution in [2.24, 2.45) is 5.41 Å². The van der Waals surface area contributed by atoms with Gasteiger partial charge in [0.2, 0.25) is 0 Å². The molecule has 104 valence electrons. The minimum absolute atomic E-state index is 0.158. The molecule has 3 heteroatoms. The molecule has 0 spiro atoms. The van der Waals surface area contributed by atoms with Gasteiger partial charge in [0.1, 0.15) is 5.75 Å². The van der Waals surface area contributed by atoms with E-state index >= 15 is 0 Å². The molecule has 0 unspecified atom stereocenters. The Morgan fingerprint density at radius 3 is 2.32 bits per heavy atom. The number of hydrogen-bond donors (Lipinski definition) is 1. The topological polar surface area (TPSA) is 46.5 Å². The van der Waals surface area contributed by atoms with E-state index in [1.54, 1.807) is 0 Å². The molecule has 1 saturated carbocycles. The molecule has 0 amide bonds. The van der Waals surface area contributed by atoms with Crippen LogP contribution >= 0.6 is 0 Å². The van der Waals surface area contributed by atoms with Crippen LogP contribution in [0.25, 0.3) is 0 Å². The summed E-state index contributed by atoms with van der Waals surface area (Å²) in [6.45, 7) is 3.98. The number of benzene rings is 1. The fourth-order valence-corrected chi connectivity index (χ4v) is 2.87. The van der Waals surface area contributed by atoms with Gasteiger partial charge in [-0.2, -0.15) is 0 Å². The van der Waals surface area contributed by atoms with E-state index in [9.17, 15) is 9.90 Å². The summed E-state index contributed by atoms with van der Waals surface area (Å²) >= 11 is 0. The first-order chi connectivity index (χ1) is 9.02. The van der Waals surface area contributed by atoms with Crippen LogP contribution < -0.4 is 4.74 Å². The van der Waals surface area contributed by atoms with Gasteiger partial charge in [0, 0.05) is 0 Å². The summed E-state index contributed by atoms with van der Waals surface area (Å²) in [5, 5.41) is 9.47. The van der Waals surface area contributed by atoms with Crippen molar-refractivity contribution in [3.8, 4) is 5.75 Å². The Morgan fingerprint density at radius 2 is 1.84 bits per heavy atom. The minimum Gasteiger partial charge on any atom is -0.491 e. The van der Waals surface area contributed by atoms with E-state index in [0.29, 0.717) is 6.42 Å². The first-order valence-electron chi connectivity index (χ1n) is 7.01. The molecule has 0 aliphatic heterocycles. The van der Waals surface area contributed by atoms with Gasteiger partial charge in [-0.05, 0) is 50.8 Å². The van der Waals surface area contributed by atoms with E-state index in [1.807, 2.05) is 38.1 Å². The second kappa shape index (κ2) is 5.64. The standard InChI is InChI=1S/C16H22O3/c1-12(2)19-14-7-5-13(6-8-14)11-16(15(17)18)9-3-4-10-16/h5-8,12H,3-4,9-11H2,1-2H3,(H,17,18). The fourth-order valence-electron chi connectivity index (χ4n) is 2.87. The quantitative estimate of drug-likeness (QED) is 0.880. The van der Waals surface area contributed by atoms with Crippen molar-refractivity contribution < 1.29 is 14.6 Å². The van der Waals surface area contributed by atoms with Crippen LogP contribution in [0.5, 0.6) is 5.75 Å². The van der Waals surface area contributed by atoms with Crippen LogP contribution in [0, 0.1) is 5.41 Å². The van der Waals surface area contributed by atoms with Crippen LogP contribution in [0.3, 0.4) is 0 Å². The lowest BCUT2D eigenvalue weighted by Gasteiger charge is -2.23. The van der Waals surface area contributed by atoms with E-state index in [1.165, 1.54) is 0 Å². The number of hydrogen-bond acceptors (Lipinski definition) is 2. The normalized spacial score (nSPS) is 17.6. The smallest absolute Gasteiger partial charge is 0.309 e. The highest BCUT2D eigenvalue weighted by Gasteiger charge is 2.41. The molecule has 0 aromatic heterocycles. The molecule has 1 fully saturated rings. The Labute approximate surface area is 114 Å². The van der Waals surface area contributed by atoms with E-state index in [-0.39, 0.29) is 6.10 Å². The Kier molecular flexibility index (Phi) is 4.13. The van der Waals surface area contributed by atoms with Gasteiger partial charge < -0.3 is 9.84 Å². The average Bonchev–Trinajstić information content (AvgIpc) is 2.81. The molecule has 1 aromatic rings. The van der Waals surface area contributed by atoms with Gasteiger partial charge in [-0.1, -0.05) is 25.0 Å². The second-order valence-corrected chi connectivity index (χ2v) is 5.78. The van der Waals surface area contributed by atoms with Crippen LogP contribution in [-0.2, 0) is 11.2 Å². The molecule has 1 aromatic carbocycles. The zero-order valence-corrected chi connectivity index (χ0v) is 11.7. The van der Waals surface area contributed by atoms with Crippen molar-refractivity contribution >= 4 is 5.97 Å². The van der Waals surface area contributed by atoms with Crippen LogP contribution in [0.15, 0.2) is 24.3 Å². The SMILES string of the molecule is CC(C)Oc1ccc(CC2(C(=O)O)CCCC2)cc1. The maximum atomic E-state index is 11.5. The summed E-state index contributed by atoms with van der Waals surface area (Å²) < 4.78 is 5.60. The van der Waals surface area contributed by atoms with Gasteiger partial charge in [-0.3, -0.25) is 4.79 Å². The third-order valence-corrected chi connectivity index (χ3v) is 3.85. The van der Waals surface area contributed by atoms with Gasteiger partial charge in [0.15, 0.2) is 0 Å². The number of carboxylic acids is 1. The summed E-state index contributed by atoms with van der Waals surface area (Å²) in [5.74, 6) is 0.196.